The summed E-state index contributed by atoms with van der Waals surface area (Å²) in [7, 11) is 0. The highest BCUT2D eigenvalue weighted by molar-refractivity contribution is 14.1. The number of carbonyl (C=O) groups is 1. The molecular weight excluding hydrogens is 459 g/mol. The second-order valence-electron chi connectivity index (χ2n) is 5.85. The monoisotopic (exact) mass is 482 g/mol. The zero-order chi connectivity index (χ0) is 18.8. The van der Waals surface area contributed by atoms with Gasteiger partial charge in [0, 0.05) is 14.8 Å². The lowest BCUT2D eigenvalue weighted by molar-refractivity contribution is 0.0977. The molecule has 0 unspecified atom stereocenters. The van der Waals surface area contributed by atoms with E-state index >= 15 is 0 Å². The summed E-state index contributed by atoms with van der Waals surface area (Å²) in [5.74, 6) is 0.528. The number of anilines is 1. The van der Waals surface area contributed by atoms with Crippen molar-refractivity contribution in [3.8, 4) is 5.75 Å². The maximum absolute atomic E-state index is 12.3. The molecular formula is C20H23IN2O2S. The molecule has 138 valence electrons. The molecule has 0 atom stereocenters. The van der Waals surface area contributed by atoms with Crippen LogP contribution in [0.4, 0.5) is 5.69 Å². The summed E-state index contributed by atoms with van der Waals surface area (Å²) in [6.07, 6.45) is 4.68. The molecule has 1 amide bonds. The van der Waals surface area contributed by atoms with Crippen molar-refractivity contribution in [2.24, 2.45) is 0 Å². The van der Waals surface area contributed by atoms with E-state index in [1.165, 1.54) is 19.3 Å². The van der Waals surface area contributed by atoms with Crippen molar-refractivity contribution in [1.82, 2.24) is 5.32 Å². The standard InChI is InChI=1S/C20H23IN2O2S/c1-2-3-4-5-14-25-18-12-6-15(7-13-18)19(24)23-20(26)22-17-10-8-16(21)9-11-17/h6-13H,2-5,14H2,1H3,(H2,22,23,24,26). The molecule has 0 heterocycles. The van der Waals surface area contributed by atoms with Gasteiger partial charge in [-0.3, -0.25) is 10.1 Å². The topological polar surface area (TPSA) is 50.4 Å². The number of halogens is 1. The van der Waals surface area contributed by atoms with Gasteiger partial charge in [0.25, 0.3) is 5.91 Å². The maximum Gasteiger partial charge on any atom is 0.257 e. The van der Waals surface area contributed by atoms with E-state index in [-0.39, 0.29) is 11.0 Å². The molecule has 4 nitrogen and oxygen atoms in total. The smallest absolute Gasteiger partial charge is 0.257 e. The van der Waals surface area contributed by atoms with Crippen molar-refractivity contribution in [2.75, 3.05) is 11.9 Å². The number of hydrogen-bond donors (Lipinski definition) is 2. The van der Waals surface area contributed by atoms with Gasteiger partial charge in [-0.15, -0.1) is 0 Å². The van der Waals surface area contributed by atoms with E-state index in [9.17, 15) is 4.79 Å². The summed E-state index contributed by atoms with van der Waals surface area (Å²) in [6, 6.07) is 14.9. The Kier molecular flexibility index (Phi) is 8.84. The number of amides is 1. The zero-order valence-electron chi connectivity index (χ0n) is 14.8. The molecule has 2 aromatic carbocycles. The Labute approximate surface area is 173 Å². The van der Waals surface area contributed by atoms with Gasteiger partial charge in [0.15, 0.2) is 5.11 Å². The van der Waals surface area contributed by atoms with E-state index in [1.54, 1.807) is 12.1 Å². The second-order valence-corrected chi connectivity index (χ2v) is 7.50. The van der Waals surface area contributed by atoms with Crippen molar-refractivity contribution in [2.45, 2.75) is 32.6 Å². The highest BCUT2D eigenvalue weighted by Crippen LogP contribution is 2.14. The van der Waals surface area contributed by atoms with Gasteiger partial charge >= 0.3 is 0 Å². The van der Waals surface area contributed by atoms with Crippen LogP contribution >= 0.6 is 34.8 Å². The number of thiocarbonyl (C=S) groups is 1. The van der Waals surface area contributed by atoms with Gasteiger partial charge in [-0.25, -0.2) is 0 Å². The average molecular weight is 482 g/mol. The normalized spacial score (nSPS) is 10.2. The molecule has 0 spiro atoms. The third-order valence-corrected chi connectivity index (χ3v) is 4.64. The SMILES string of the molecule is CCCCCCOc1ccc(C(=O)NC(=S)Nc2ccc(I)cc2)cc1. The third-order valence-electron chi connectivity index (χ3n) is 3.71. The number of hydrogen-bond acceptors (Lipinski definition) is 3. The van der Waals surface area contributed by atoms with Crippen LogP contribution in [0, 0.1) is 3.57 Å². The lowest BCUT2D eigenvalue weighted by Crippen LogP contribution is -2.34. The van der Waals surface area contributed by atoms with Crippen molar-refractivity contribution in [1.29, 1.82) is 0 Å². The van der Waals surface area contributed by atoms with Crippen LogP contribution in [0.5, 0.6) is 5.75 Å². The molecule has 2 aromatic rings. The molecule has 0 radical (unpaired) electrons. The first-order chi connectivity index (χ1) is 12.6. The van der Waals surface area contributed by atoms with Gasteiger partial charge in [-0.2, -0.15) is 0 Å². The van der Waals surface area contributed by atoms with Crippen LogP contribution in [0.1, 0.15) is 43.0 Å². The fourth-order valence-corrected chi connectivity index (χ4v) is 2.86. The van der Waals surface area contributed by atoms with Crippen molar-refractivity contribution in [3.63, 3.8) is 0 Å². The van der Waals surface area contributed by atoms with Crippen molar-refractivity contribution >= 4 is 51.5 Å². The van der Waals surface area contributed by atoms with Crippen molar-refractivity contribution in [3.05, 3.63) is 57.7 Å². The van der Waals surface area contributed by atoms with Crippen LogP contribution in [0.3, 0.4) is 0 Å². The van der Waals surface area contributed by atoms with E-state index < -0.39 is 0 Å². The first kappa shape index (κ1) is 20.6. The third kappa shape index (κ3) is 7.29. The number of unbranched alkanes of at least 4 members (excludes halogenated alkanes) is 3. The van der Waals surface area contributed by atoms with Crippen LogP contribution in [0.15, 0.2) is 48.5 Å². The summed E-state index contributed by atoms with van der Waals surface area (Å²) in [5.41, 5.74) is 1.37. The molecule has 26 heavy (non-hydrogen) atoms. The largest absolute Gasteiger partial charge is 0.494 e. The number of rotatable bonds is 8. The fraction of sp³-hybridized carbons (Fsp3) is 0.300. The summed E-state index contributed by atoms with van der Waals surface area (Å²) >= 11 is 7.43. The average Bonchev–Trinajstić information content (AvgIpc) is 2.64. The molecule has 2 rings (SSSR count). The first-order valence-corrected chi connectivity index (χ1v) is 10.2. The van der Waals surface area contributed by atoms with Gasteiger partial charge < -0.3 is 10.1 Å². The van der Waals surface area contributed by atoms with Gasteiger partial charge in [-0.05, 0) is 89.8 Å². The molecule has 0 aliphatic rings. The van der Waals surface area contributed by atoms with Crippen LogP contribution in [0.2, 0.25) is 0 Å². The van der Waals surface area contributed by atoms with Gasteiger partial charge in [0.05, 0.1) is 6.61 Å². The Morgan fingerprint density at radius 2 is 1.73 bits per heavy atom. The number of benzene rings is 2. The van der Waals surface area contributed by atoms with E-state index in [1.807, 2.05) is 36.4 Å². The lowest BCUT2D eigenvalue weighted by atomic mass is 10.2. The number of nitrogens with one attached hydrogen (secondary N) is 2. The molecule has 0 aromatic heterocycles. The molecule has 0 aliphatic carbocycles. The lowest BCUT2D eigenvalue weighted by Gasteiger charge is -2.10. The zero-order valence-corrected chi connectivity index (χ0v) is 17.7. The highest BCUT2D eigenvalue weighted by Gasteiger charge is 2.08. The van der Waals surface area contributed by atoms with Crippen LogP contribution in [0.25, 0.3) is 0 Å². The molecule has 2 N–H and O–H groups in total. The molecule has 6 heteroatoms. The van der Waals surface area contributed by atoms with Crippen LogP contribution in [-0.4, -0.2) is 17.6 Å². The molecule has 0 bridgehead atoms. The minimum Gasteiger partial charge on any atom is -0.494 e. The second kappa shape index (κ2) is 11.1. The highest BCUT2D eigenvalue weighted by atomic mass is 127. The summed E-state index contributed by atoms with van der Waals surface area (Å²) < 4.78 is 6.82. The number of carbonyl (C=O) groups excluding carboxylic acids is 1. The Balaban J connectivity index is 1.79. The fourth-order valence-electron chi connectivity index (χ4n) is 2.29. The quantitative estimate of drug-likeness (QED) is 0.302. The Bertz CT molecular complexity index is 718. The maximum atomic E-state index is 12.3. The van der Waals surface area contributed by atoms with E-state index in [4.69, 9.17) is 17.0 Å². The number of ether oxygens (including phenoxy) is 1. The minimum atomic E-state index is -0.248. The van der Waals surface area contributed by atoms with E-state index in [0.717, 1.165) is 21.4 Å². The molecule has 0 fully saturated rings. The predicted molar refractivity (Wildman–Crippen MR) is 119 cm³/mol. The minimum absolute atomic E-state index is 0.248. The molecule has 0 saturated carbocycles. The molecule has 0 aliphatic heterocycles. The Morgan fingerprint density at radius 1 is 1.04 bits per heavy atom. The van der Waals surface area contributed by atoms with E-state index in [0.29, 0.717) is 12.2 Å². The van der Waals surface area contributed by atoms with Crippen LogP contribution in [-0.2, 0) is 0 Å². The summed E-state index contributed by atoms with van der Waals surface area (Å²) in [5, 5.41) is 5.95. The van der Waals surface area contributed by atoms with Gasteiger partial charge in [-0.1, -0.05) is 26.2 Å². The summed E-state index contributed by atoms with van der Waals surface area (Å²) in [6.45, 7) is 2.89. The first-order valence-electron chi connectivity index (χ1n) is 8.69. The Hall–Kier alpha value is -1.67. The Morgan fingerprint density at radius 3 is 2.38 bits per heavy atom. The van der Waals surface area contributed by atoms with E-state index in [2.05, 4.69) is 40.1 Å². The van der Waals surface area contributed by atoms with Crippen LogP contribution < -0.4 is 15.4 Å². The predicted octanol–water partition coefficient (Wildman–Crippen LogP) is 5.38. The van der Waals surface area contributed by atoms with Gasteiger partial charge in [0.2, 0.25) is 0 Å². The van der Waals surface area contributed by atoms with Crippen molar-refractivity contribution < 1.29 is 9.53 Å². The van der Waals surface area contributed by atoms with Gasteiger partial charge in [0.1, 0.15) is 5.75 Å². The summed E-state index contributed by atoms with van der Waals surface area (Å²) in [4.78, 5) is 12.3. The molecule has 0 saturated heterocycles.